The van der Waals surface area contributed by atoms with E-state index in [1.165, 1.54) is 26.0 Å². The highest BCUT2D eigenvalue weighted by molar-refractivity contribution is 5.90. The zero-order valence-electron chi connectivity index (χ0n) is 16.3. The number of hydrogen-bond acceptors (Lipinski definition) is 6. The highest BCUT2D eigenvalue weighted by Crippen LogP contribution is 2.33. The first-order valence-electron chi connectivity index (χ1n) is 9.20. The summed E-state index contributed by atoms with van der Waals surface area (Å²) < 4.78 is 30.4. The fourth-order valence-corrected chi connectivity index (χ4v) is 3.59. The van der Waals surface area contributed by atoms with Gasteiger partial charge in [-0.2, -0.15) is 0 Å². The summed E-state index contributed by atoms with van der Waals surface area (Å²) in [6.07, 6.45) is -1.71. The Morgan fingerprint density at radius 1 is 1.25 bits per heavy atom. The summed E-state index contributed by atoms with van der Waals surface area (Å²) in [5.74, 6) is -1.36. The number of anilines is 2. The average Bonchev–Trinajstić information content (AvgIpc) is 3.07. The van der Waals surface area contributed by atoms with E-state index in [-0.39, 0.29) is 25.1 Å². The van der Waals surface area contributed by atoms with Gasteiger partial charge < -0.3 is 24.4 Å². The number of alkyl halides is 1. The minimum atomic E-state index is -1.28. The largest absolute Gasteiger partial charge is 0.442 e. The van der Waals surface area contributed by atoms with E-state index in [4.69, 9.17) is 14.2 Å². The number of ether oxygens (including phenoxy) is 3. The van der Waals surface area contributed by atoms with Crippen molar-refractivity contribution in [2.75, 3.05) is 50.2 Å². The maximum Gasteiger partial charge on any atom is 0.414 e. The van der Waals surface area contributed by atoms with Gasteiger partial charge in [-0.1, -0.05) is 0 Å². The highest BCUT2D eigenvalue weighted by atomic mass is 19.1. The number of hydrogen-bond donors (Lipinski definition) is 1. The van der Waals surface area contributed by atoms with Gasteiger partial charge in [0.25, 0.3) is 0 Å². The van der Waals surface area contributed by atoms with Crippen molar-refractivity contribution < 1.29 is 28.2 Å². The van der Waals surface area contributed by atoms with Gasteiger partial charge in [-0.05, 0) is 24.3 Å². The topological polar surface area (TPSA) is 80.3 Å². The Morgan fingerprint density at radius 2 is 1.89 bits per heavy atom. The van der Waals surface area contributed by atoms with E-state index in [9.17, 15) is 14.0 Å². The summed E-state index contributed by atoms with van der Waals surface area (Å²) >= 11 is 0. The summed E-state index contributed by atoms with van der Waals surface area (Å²) in [5.41, 5.74) is 1.55. The van der Waals surface area contributed by atoms with Crippen LogP contribution in [0.25, 0.3) is 0 Å². The summed E-state index contributed by atoms with van der Waals surface area (Å²) in [5, 5.41) is 2.65. The Labute approximate surface area is 163 Å². The third kappa shape index (κ3) is 4.05. The quantitative estimate of drug-likeness (QED) is 0.739. The average molecular weight is 395 g/mol. The van der Waals surface area contributed by atoms with E-state index in [1.807, 2.05) is 17.0 Å². The lowest BCUT2D eigenvalue weighted by Crippen LogP contribution is -2.55. The van der Waals surface area contributed by atoms with Crippen LogP contribution >= 0.6 is 0 Å². The molecule has 0 aliphatic carbocycles. The number of benzene rings is 1. The predicted molar refractivity (Wildman–Crippen MR) is 101 cm³/mol. The Bertz CT molecular complexity index is 710. The van der Waals surface area contributed by atoms with Gasteiger partial charge in [0.15, 0.2) is 6.17 Å². The van der Waals surface area contributed by atoms with Crippen LogP contribution in [0, 0.1) is 0 Å². The molecule has 0 aromatic heterocycles. The van der Waals surface area contributed by atoms with Gasteiger partial charge in [-0.15, -0.1) is 0 Å². The van der Waals surface area contributed by atoms with Crippen molar-refractivity contribution in [3.8, 4) is 0 Å². The number of amides is 2. The van der Waals surface area contributed by atoms with Gasteiger partial charge in [0.05, 0.1) is 19.6 Å². The zero-order valence-corrected chi connectivity index (χ0v) is 16.3. The van der Waals surface area contributed by atoms with Gasteiger partial charge >= 0.3 is 6.09 Å². The molecule has 2 fully saturated rings. The van der Waals surface area contributed by atoms with Crippen LogP contribution in [0.15, 0.2) is 24.3 Å². The van der Waals surface area contributed by atoms with Crippen LogP contribution in [0.1, 0.15) is 13.3 Å². The second kappa shape index (κ2) is 8.32. The van der Waals surface area contributed by atoms with Crippen molar-refractivity contribution in [1.82, 2.24) is 5.32 Å². The molecule has 1 unspecified atom stereocenters. The monoisotopic (exact) mass is 395 g/mol. The molecule has 2 aliphatic heterocycles. The Kier molecular flexibility index (Phi) is 6.04. The van der Waals surface area contributed by atoms with Gasteiger partial charge in [-0.3, -0.25) is 9.69 Å². The molecule has 1 aromatic rings. The summed E-state index contributed by atoms with van der Waals surface area (Å²) in [7, 11) is 2.91. The maximum absolute atomic E-state index is 14.6. The molecule has 0 radical (unpaired) electrons. The molecule has 2 aliphatic rings. The second-order valence-corrected chi connectivity index (χ2v) is 6.95. The van der Waals surface area contributed by atoms with Crippen molar-refractivity contribution in [3.63, 3.8) is 0 Å². The maximum atomic E-state index is 14.6. The molecule has 1 N–H and O–H groups in total. The van der Waals surface area contributed by atoms with Crippen molar-refractivity contribution >= 4 is 23.4 Å². The predicted octanol–water partition coefficient (Wildman–Crippen LogP) is 1.69. The molecule has 1 aromatic carbocycles. The number of cyclic esters (lactones) is 1. The molecule has 0 saturated carbocycles. The SMILES string of the molecule is COC1(OC)CCN(c2ccc(N3CC(CNC(C)=O)OC3=O)cc2)C[C@@H]1F. The molecule has 3 rings (SSSR count). The first-order chi connectivity index (χ1) is 13.4. The Balaban J connectivity index is 1.63. The number of nitrogens with zero attached hydrogens (tertiary/aromatic N) is 2. The van der Waals surface area contributed by atoms with Gasteiger partial charge in [0, 0.05) is 45.5 Å². The van der Waals surface area contributed by atoms with Crippen molar-refractivity contribution in [2.24, 2.45) is 0 Å². The minimum Gasteiger partial charge on any atom is -0.442 e. The molecule has 2 atom stereocenters. The van der Waals surface area contributed by atoms with Crippen molar-refractivity contribution in [1.29, 1.82) is 0 Å². The van der Waals surface area contributed by atoms with E-state index < -0.39 is 18.1 Å². The van der Waals surface area contributed by atoms with E-state index in [0.717, 1.165) is 5.69 Å². The molecular formula is C19H26FN3O5. The normalized spacial score (nSPS) is 24.2. The molecule has 154 valence electrons. The van der Waals surface area contributed by atoms with Crippen molar-refractivity contribution in [3.05, 3.63) is 24.3 Å². The second-order valence-electron chi connectivity index (χ2n) is 6.95. The number of nitrogens with one attached hydrogen (secondary N) is 1. The lowest BCUT2D eigenvalue weighted by molar-refractivity contribution is -0.249. The van der Waals surface area contributed by atoms with Crippen LogP contribution in [0.5, 0.6) is 0 Å². The van der Waals surface area contributed by atoms with Gasteiger partial charge in [0.1, 0.15) is 6.10 Å². The van der Waals surface area contributed by atoms with E-state index in [2.05, 4.69) is 5.32 Å². The highest BCUT2D eigenvalue weighted by Gasteiger charge is 2.44. The summed E-state index contributed by atoms with van der Waals surface area (Å²) in [6.45, 7) is 2.80. The van der Waals surface area contributed by atoms with Gasteiger partial charge in [-0.25, -0.2) is 9.18 Å². The summed E-state index contributed by atoms with van der Waals surface area (Å²) in [6, 6.07) is 7.31. The Hall–Kier alpha value is -2.39. The van der Waals surface area contributed by atoms with E-state index in [1.54, 1.807) is 12.1 Å². The zero-order chi connectivity index (χ0) is 20.3. The number of carbonyl (C=O) groups is 2. The smallest absolute Gasteiger partial charge is 0.414 e. The third-order valence-corrected chi connectivity index (χ3v) is 5.26. The molecule has 2 heterocycles. The van der Waals surface area contributed by atoms with Crippen molar-refractivity contribution in [2.45, 2.75) is 31.4 Å². The Morgan fingerprint density at radius 3 is 2.46 bits per heavy atom. The lowest BCUT2D eigenvalue weighted by Gasteiger charge is -2.42. The molecule has 2 amide bonds. The molecule has 0 bridgehead atoms. The fourth-order valence-electron chi connectivity index (χ4n) is 3.59. The number of halogens is 1. The van der Waals surface area contributed by atoms with Gasteiger partial charge in [0.2, 0.25) is 11.7 Å². The number of methoxy groups -OCH3 is 2. The standard InChI is InChI=1S/C19H26FN3O5/c1-13(24)21-10-16-11-23(18(25)28-16)15-6-4-14(5-7-15)22-9-8-19(26-2,27-3)17(20)12-22/h4-7,16-17H,8-12H2,1-3H3,(H,21,24)/t16?,17-/m0/s1. The third-order valence-electron chi connectivity index (χ3n) is 5.26. The van der Waals surface area contributed by atoms with E-state index >= 15 is 0 Å². The number of piperidine rings is 1. The van der Waals surface area contributed by atoms with E-state index in [0.29, 0.717) is 25.2 Å². The van der Waals surface area contributed by atoms with Crippen LogP contribution in [-0.2, 0) is 19.0 Å². The fraction of sp³-hybridized carbons (Fsp3) is 0.579. The van der Waals surface area contributed by atoms with Crippen LogP contribution in [0.4, 0.5) is 20.6 Å². The van der Waals surface area contributed by atoms with Crippen LogP contribution in [-0.4, -0.2) is 70.5 Å². The first-order valence-corrected chi connectivity index (χ1v) is 9.20. The summed E-state index contributed by atoms with van der Waals surface area (Å²) in [4.78, 5) is 26.6. The molecule has 8 nitrogen and oxygen atoms in total. The molecule has 28 heavy (non-hydrogen) atoms. The lowest BCUT2D eigenvalue weighted by atomic mass is 10.0. The number of carbonyl (C=O) groups excluding carboxylic acids is 2. The molecular weight excluding hydrogens is 369 g/mol. The van der Waals surface area contributed by atoms with Crippen LogP contribution < -0.4 is 15.1 Å². The van der Waals surface area contributed by atoms with Crippen LogP contribution in [0.3, 0.4) is 0 Å². The van der Waals surface area contributed by atoms with Crippen LogP contribution in [0.2, 0.25) is 0 Å². The number of rotatable bonds is 6. The molecule has 2 saturated heterocycles. The molecule has 9 heteroatoms. The first kappa shape index (κ1) is 20.3. The molecule has 0 spiro atoms. The minimum absolute atomic E-state index is 0.158.